The molecule has 7 heteroatoms. The molecular formula is C18H22ClNO5. The molecule has 136 valence electrons. The molecule has 0 radical (unpaired) electrons. The van der Waals surface area contributed by atoms with Gasteiger partial charge in [-0.25, -0.2) is 0 Å². The number of halogens is 1. The minimum Gasteiger partial charge on any atom is -0.481 e. The van der Waals surface area contributed by atoms with E-state index in [2.05, 4.69) is 5.32 Å². The van der Waals surface area contributed by atoms with Crippen molar-refractivity contribution in [2.75, 3.05) is 13.7 Å². The second-order valence-electron chi connectivity index (χ2n) is 6.26. The highest BCUT2D eigenvalue weighted by atomic mass is 35.5. The second kappa shape index (κ2) is 8.85. The lowest BCUT2D eigenvalue weighted by molar-refractivity contribution is -0.147. The number of nitrogens with one attached hydrogen (secondary N) is 1. The van der Waals surface area contributed by atoms with Crippen LogP contribution in [0.15, 0.2) is 24.3 Å². The third-order valence-corrected chi connectivity index (χ3v) is 4.94. The standard InChI is InChI=1S/C18H22ClNO5/c1-25-18(24)13-4-2-12(3-5-13)16(21)20-10-15(17(22)23)11-6-8-14(19)9-7-11/h6-9,12-13,15H,2-5,10H2,1H3,(H,20,21)(H,22,23). The van der Waals surface area contributed by atoms with Gasteiger partial charge in [0.15, 0.2) is 0 Å². The van der Waals surface area contributed by atoms with E-state index in [1.54, 1.807) is 24.3 Å². The van der Waals surface area contributed by atoms with Crippen LogP contribution in [0.5, 0.6) is 0 Å². The number of carboxylic acids is 1. The van der Waals surface area contributed by atoms with Crippen molar-refractivity contribution in [2.24, 2.45) is 11.8 Å². The molecule has 2 N–H and O–H groups in total. The van der Waals surface area contributed by atoms with E-state index >= 15 is 0 Å². The van der Waals surface area contributed by atoms with Crippen LogP contribution in [0, 0.1) is 11.8 Å². The van der Waals surface area contributed by atoms with E-state index in [0.29, 0.717) is 36.3 Å². The Labute approximate surface area is 151 Å². The monoisotopic (exact) mass is 367 g/mol. The average Bonchev–Trinajstić information content (AvgIpc) is 2.62. The first-order valence-electron chi connectivity index (χ1n) is 8.26. The van der Waals surface area contributed by atoms with E-state index in [9.17, 15) is 19.5 Å². The Bertz CT molecular complexity index is 623. The number of hydrogen-bond donors (Lipinski definition) is 2. The van der Waals surface area contributed by atoms with Crippen LogP contribution in [0.25, 0.3) is 0 Å². The van der Waals surface area contributed by atoms with Gasteiger partial charge in [-0.15, -0.1) is 0 Å². The van der Waals surface area contributed by atoms with Crippen molar-refractivity contribution in [3.63, 3.8) is 0 Å². The largest absolute Gasteiger partial charge is 0.481 e. The zero-order valence-electron chi connectivity index (χ0n) is 14.0. The molecule has 1 fully saturated rings. The Kier molecular flexibility index (Phi) is 6.82. The summed E-state index contributed by atoms with van der Waals surface area (Å²) in [6.45, 7) is 0.0206. The molecule has 1 aliphatic carbocycles. The van der Waals surface area contributed by atoms with Crippen LogP contribution in [-0.4, -0.2) is 36.6 Å². The number of aliphatic carboxylic acids is 1. The van der Waals surface area contributed by atoms with Crippen molar-refractivity contribution in [3.8, 4) is 0 Å². The summed E-state index contributed by atoms with van der Waals surface area (Å²) < 4.78 is 4.73. The summed E-state index contributed by atoms with van der Waals surface area (Å²) in [6, 6.07) is 6.55. The van der Waals surface area contributed by atoms with Crippen molar-refractivity contribution in [1.82, 2.24) is 5.32 Å². The summed E-state index contributed by atoms with van der Waals surface area (Å²) in [5, 5.41) is 12.7. The highest BCUT2D eigenvalue weighted by Gasteiger charge is 2.31. The molecule has 1 amide bonds. The Morgan fingerprint density at radius 3 is 2.24 bits per heavy atom. The second-order valence-corrected chi connectivity index (χ2v) is 6.70. The maximum Gasteiger partial charge on any atom is 0.312 e. The van der Waals surface area contributed by atoms with Crippen molar-refractivity contribution < 1.29 is 24.2 Å². The minimum atomic E-state index is -1.00. The third-order valence-electron chi connectivity index (χ3n) is 4.68. The van der Waals surface area contributed by atoms with Crippen LogP contribution in [-0.2, 0) is 19.1 Å². The smallest absolute Gasteiger partial charge is 0.312 e. The molecule has 0 aliphatic heterocycles. The highest BCUT2D eigenvalue weighted by Crippen LogP contribution is 2.29. The van der Waals surface area contributed by atoms with Crippen LogP contribution >= 0.6 is 11.6 Å². The summed E-state index contributed by atoms with van der Waals surface area (Å²) in [5.74, 6) is -2.56. The van der Waals surface area contributed by atoms with Gasteiger partial charge in [0.2, 0.25) is 5.91 Å². The topological polar surface area (TPSA) is 92.7 Å². The fourth-order valence-electron chi connectivity index (χ4n) is 3.15. The lowest BCUT2D eigenvalue weighted by Gasteiger charge is -2.26. The highest BCUT2D eigenvalue weighted by molar-refractivity contribution is 6.30. The maximum absolute atomic E-state index is 12.3. The molecule has 6 nitrogen and oxygen atoms in total. The number of rotatable bonds is 6. The predicted octanol–water partition coefficient (Wildman–Crippen LogP) is 2.60. The lowest BCUT2D eigenvalue weighted by atomic mass is 9.81. The third kappa shape index (κ3) is 5.19. The van der Waals surface area contributed by atoms with Crippen molar-refractivity contribution >= 4 is 29.4 Å². The lowest BCUT2D eigenvalue weighted by Crippen LogP contribution is -2.38. The Balaban J connectivity index is 1.88. The quantitative estimate of drug-likeness (QED) is 0.754. The molecule has 1 unspecified atom stereocenters. The van der Waals surface area contributed by atoms with Gasteiger partial charge in [-0.3, -0.25) is 14.4 Å². The first kappa shape index (κ1) is 19.2. The molecule has 1 aromatic rings. The Hall–Kier alpha value is -2.08. The Morgan fingerprint density at radius 1 is 1.16 bits per heavy atom. The molecule has 1 aliphatic rings. The summed E-state index contributed by atoms with van der Waals surface area (Å²) in [5.41, 5.74) is 0.589. The van der Waals surface area contributed by atoms with Gasteiger partial charge in [0.1, 0.15) is 0 Å². The zero-order chi connectivity index (χ0) is 18.4. The maximum atomic E-state index is 12.3. The predicted molar refractivity (Wildman–Crippen MR) is 92.3 cm³/mol. The average molecular weight is 368 g/mol. The number of benzene rings is 1. The van der Waals surface area contributed by atoms with Gasteiger partial charge < -0.3 is 15.2 Å². The van der Waals surface area contributed by atoms with Crippen molar-refractivity contribution in [2.45, 2.75) is 31.6 Å². The first-order chi connectivity index (χ1) is 11.9. The fraction of sp³-hybridized carbons (Fsp3) is 0.500. The molecule has 1 atom stereocenters. The number of esters is 1. The van der Waals surface area contributed by atoms with Crippen LogP contribution in [0.2, 0.25) is 5.02 Å². The van der Waals surface area contributed by atoms with Gasteiger partial charge in [-0.2, -0.15) is 0 Å². The molecule has 0 heterocycles. The summed E-state index contributed by atoms with van der Waals surface area (Å²) >= 11 is 5.82. The normalized spacial score (nSPS) is 21.2. The molecular weight excluding hydrogens is 346 g/mol. The number of carbonyl (C=O) groups excluding carboxylic acids is 2. The molecule has 25 heavy (non-hydrogen) atoms. The van der Waals surface area contributed by atoms with E-state index in [4.69, 9.17) is 16.3 Å². The van der Waals surface area contributed by atoms with E-state index < -0.39 is 11.9 Å². The summed E-state index contributed by atoms with van der Waals surface area (Å²) in [7, 11) is 1.37. The fourth-order valence-corrected chi connectivity index (χ4v) is 3.27. The molecule has 0 saturated heterocycles. The van der Waals surface area contributed by atoms with Gasteiger partial charge in [-0.05, 0) is 43.4 Å². The van der Waals surface area contributed by atoms with Crippen LogP contribution in [0.4, 0.5) is 0 Å². The molecule has 0 bridgehead atoms. The molecule has 1 saturated carbocycles. The van der Waals surface area contributed by atoms with Crippen molar-refractivity contribution in [3.05, 3.63) is 34.9 Å². The number of ether oxygens (including phenoxy) is 1. The number of carbonyl (C=O) groups is 3. The number of carboxylic acid groups (broad SMARTS) is 1. The number of hydrogen-bond acceptors (Lipinski definition) is 4. The molecule has 2 rings (SSSR count). The van der Waals surface area contributed by atoms with Gasteiger partial charge in [-0.1, -0.05) is 23.7 Å². The van der Waals surface area contributed by atoms with Crippen LogP contribution < -0.4 is 5.32 Å². The minimum absolute atomic E-state index is 0.0206. The van der Waals surface area contributed by atoms with Crippen LogP contribution in [0.1, 0.15) is 37.2 Å². The summed E-state index contributed by atoms with van der Waals surface area (Å²) in [4.78, 5) is 35.3. The molecule has 1 aromatic carbocycles. The van der Waals surface area contributed by atoms with E-state index in [1.807, 2.05) is 0 Å². The van der Waals surface area contributed by atoms with Gasteiger partial charge in [0.25, 0.3) is 0 Å². The van der Waals surface area contributed by atoms with Crippen LogP contribution in [0.3, 0.4) is 0 Å². The number of methoxy groups -OCH3 is 1. The SMILES string of the molecule is COC(=O)C1CCC(C(=O)NCC(C(=O)O)c2ccc(Cl)cc2)CC1. The molecule has 0 spiro atoms. The van der Waals surface area contributed by atoms with Crippen molar-refractivity contribution in [1.29, 1.82) is 0 Å². The van der Waals surface area contributed by atoms with Gasteiger partial charge in [0, 0.05) is 17.5 Å². The first-order valence-corrected chi connectivity index (χ1v) is 8.64. The van der Waals surface area contributed by atoms with Gasteiger partial charge >= 0.3 is 11.9 Å². The van der Waals surface area contributed by atoms with E-state index in [0.717, 1.165) is 0 Å². The number of amides is 1. The summed E-state index contributed by atoms with van der Waals surface area (Å²) in [6.07, 6.45) is 2.43. The molecule has 0 aromatic heterocycles. The van der Waals surface area contributed by atoms with Gasteiger partial charge in [0.05, 0.1) is 18.9 Å². The zero-order valence-corrected chi connectivity index (χ0v) is 14.8. The Morgan fingerprint density at radius 2 is 1.72 bits per heavy atom. The van der Waals surface area contributed by atoms with E-state index in [-0.39, 0.29) is 30.3 Å². The van der Waals surface area contributed by atoms with E-state index in [1.165, 1.54) is 7.11 Å².